The van der Waals surface area contributed by atoms with Crippen LogP contribution in [0.3, 0.4) is 0 Å². The van der Waals surface area contributed by atoms with Crippen molar-refractivity contribution in [3.05, 3.63) is 51.5 Å². The van der Waals surface area contributed by atoms with Crippen LogP contribution >= 0.6 is 15.9 Å². The number of carbonyl (C=O) groups is 1. The maximum Gasteiger partial charge on any atom is 0.251 e. The van der Waals surface area contributed by atoms with Crippen molar-refractivity contribution >= 4 is 21.8 Å². The van der Waals surface area contributed by atoms with Gasteiger partial charge in [0.1, 0.15) is 21.7 Å². The highest BCUT2D eigenvalue weighted by Gasteiger charge is 2.14. The molecule has 128 valence electrons. The van der Waals surface area contributed by atoms with Gasteiger partial charge in [-0.2, -0.15) is 0 Å². The van der Waals surface area contributed by atoms with E-state index in [1.807, 2.05) is 25.1 Å². The van der Waals surface area contributed by atoms with Crippen molar-refractivity contribution in [2.45, 2.75) is 13.5 Å². The van der Waals surface area contributed by atoms with Gasteiger partial charge >= 0.3 is 0 Å². The van der Waals surface area contributed by atoms with Crippen molar-refractivity contribution < 1.29 is 19.0 Å². The summed E-state index contributed by atoms with van der Waals surface area (Å²) in [6, 6.07) is 9.17. The van der Waals surface area contributed by atoms with Gasteiger partial charge in [-0.3, -0.25) is 4.79 Å². The summed E-state index contributed by atoms with van der Waals surface area (Å²) in [6.45, 7) is 2.37. The number of amides is 1. The number of hydrogen-bond acceptors (Lipinski definition) is 4. The highest BCUT2D eigenvalue weighted by molar-refractivity contribution is 9.10. The molecule has 1 N–H and O–H groups in total. The van der Waals surface area contributed by atoms with E-state index in [1.165, 1.54) is 0 Å². The average molecular weight is 394 g/mol. The molecule has 6 heteroatoms. The molecule has 2 rings (SSSR count). The van der Waals surface area contributed by atoms with Crippen molar-refractivity contribution in [3.8, 4) is 17.2 Å². The second kappa shape index (κ2) is 8.06. The minimum Gasteiger partial charge on any atom is -0.496 e. The molecule has 0 saturated carbocycles. The van der Waals surface area contributed by atoms with Gasteiger partial charge in [0.05, 0.1) is 21.3 Å². The zero-order chi connectivity index (χ0) is 17.7. The van der Waals surface area contributed by atoms with E-state index in [0.717, 1.165) is 16.9 Å². The van der Waals surface area contributed by atoms with Gasteiger partial charge < -0.3 is 19.5 Å². The Labute approximate surface area is 150 Å². The average Bonchev–Trinajstić information content (AvgIpc) is 2.60. The highest BCUT2D eigenvalue weighted by atomic mass is 79.9. The number of benzene rings is 2. The largest absolute Gasteiger partial charge is 0.496 e. The van der Waals surface area contributed by atoms with Gasteiger partial charge in [-0.25, -0.2) is 0 Å². The summed E-state index contributed by atoms with van der Waals surface area (Å²) in [5.74, 6) is 1.67. The number of hydrogen-bond donors (Lipinski definition) is 1. The lowest BCUT2D eigenvalue weighted by molar-refractivity contribution is 0.0950. The van der Waals surface area contributed by atoms with E-state index in [9.17, 15) is 4.79 Å². The smallest absolute Gasteiger partial charge is 0.251 e. The van der Waals surface area contributed by atoms with E-state index in [0.29, 0.717) is 28.1 Å². The number of rotatable bonds is 6. The molecule has 5 nitrogen and oxygen atoms in total. The molecule has 0 unspecified atom stereocenters. The van der Waals surface area contributed by atoms with Crippen LogP contribution in [0.5, 0.6) is 17.2 Å². The SMILES string of the molecule is COc1cc(CNC(=O)c2cc(OC)c(Br)c(OC)c2)ccc1C. The quantitative estimate of drug-likeness (QED) is 0.812. The summed E-state index contributed by atoms with van der Waals surface area (Å²) in [6.07, 6.45) is 0. The minimum atomic E-state index is -0.210. The first kappa shape index (κ1) is 18.1. The summed E-state index contributed by atoms with van der Waals surface area (Å²) in [5, 5.41) is 2.89. The van der Waals surface area contributed by atoms with Crippen LogP contribution < -0.4 is 19.5 Å². The van der Waals surface area contributed by atoms with Gasteiger partial charge in [-0.05, 0) is 52.2 Å². The minimum absolute atomic E-state index is 0.210. The molecule has 0 bridgehead atoms. The zero-order valence-corrected chi connectivity index (χ0v) is 15.7. The first-order chi connectivity index (χ1) is 11.5. The molecule has 0 atom stereocenters. The number of nitrogens with one attached hydrogen (secondary N) is 1. The molecule has 0 spiro atoms. The van der Waals surface area contributed by atoms with Crippen molar-refractivity contribution in [1.82, 2.24) is 5.32 Å². The third kappa shape index (κ3) is 4.00. The van der Waals surface area contributed by atoms with E-state index in [4.69, 9.17) is 14.2 Å². The Hall–Kier alpha value is -2.21. The molecular formula is C18H20BrNO4. The van der Waals surface area contributed by atoms with E-state index in [2.05, 4.69) is 21.2 Å². The molecule has 0 aromatic heterocycles. The molecule has 0 radical (unpaired) electrons. The second-order valence-electron chi connectivity index (χ2n) is 5.18. The maximum atomic E-state index is 12.4. The van der Waals surface area contributed by atoms with E-state index in [-0.39, 0.29) is 5.91 Å². The van der Waals surface area contributed by atoms with Crippen LogP contribution in [0.2, 0.25) is 0 Å². The zero-order valence-electron chi connectivity index (χ0n) is 14.1. The molecule has 24 heavy (non-hydrogen) atoms. The van der Waals surface area contributed by atoms with Crippen LogP contribution in [0.15, 0.2) is 34.8 Å². The number of methoxy groups -OCH3 is 3. The van der Waals surface area contributed by atoms with Gasteiger partial charge in [0.15, 0.2) is 0 Å². The molecule has 0 aliphatic heterocycles. The normalized spacial score (nSPS) is 10.2. The van der Waals surface area contributed by atoms with E-state index in [1.54, 1.807) is 33.5 Å². The summed E-state index contributed by atoms with van der Waals surface area (Å²) in [5.41, 5.74) is 2.47. The molecule has 0 aliphatic rings. The second-order valence-corrected chi connectivity index (χ2v) is 5.97. The Balaban J connectivity index is 2.15. The lowest BCUT2D eigenvalue weighted by Gasteiger charge is -2.12. The predicted molar refractivity (Wildman–Crippen MR) is 96.1 cm³/mol. The molecular weight excluding hydrogens is 374 g/mol. The van der Waals surface area contributed by atoms with Gasteiger partial charge in [0, 0.05) is 12.1 Å². The summed E-state index contributed by atoms with van der Waals surface area (Å²) in [7, 11) is 4.71. The number of carbonyl (C=O) groups excluding carboxylic acids is 1. The van der Waals surface area contributed by atoms with E-state index < -0.39 is 0 Å². The Morgan fingerprint density at radius 3 is 2.12 bits per heavy atom. The van der Waals surface area contributed by atoms with Gasteiger partial charge in [-0.1, -0.05) is 12.1 Å². The summed E-state index contributed by atoms with van der Waals surface area (Å²) >= 11 is 3.39. The molecule has 0 fully saturated rings. The third-order valence-corrected chi connectivity index (χ3v) is 4.41. The molecule has 0 heterocycles. The predicted octanol–water partition coefficient (Wildman–Crippen LogP) is 3.71. The molecule has 1 amide bonds. The summed E-state index contributed by atoms with van der Waals surface area (Å²) < 4.78 is 16.5. The first-order valence-electron chi connectivity index (χ1n) is 7.33. The third-order valence-electron chi connectivity index (χ3n) is 3.63. The van der Waals surface area contributed by atoms with Crippen molar-refractivity contribution in [2.24, 2.45) is 0 Å². The summed E-state index contributed by atoms with van der Waals surface area (Å²) in [4.78, 5) is 12.4. The highest BCUT2D eigenvalue weighted by Crippen LogP contribution is 2.35. The maximum absolute atomic E-state index is 12.4. The lowest BCUT2D eigenvalue weighted by Crippen LogP contribution is -2.23. The Bertz CT molecular complexity index is 721. The molecule has 0 saturated heterocycles. The standard InChI is InChI=1S/C18H20BrNO4/c1-11-5-6-12(7-14(11)22-2)10-20-18(21)13-8-15(23-3)17(19)16(9-13)24-4/h5-9H,10H2,1-4H3,(H,20,21). The fourth-order valence-corrected chi connectivity index (χ4v) is 2.81. The van der Waals surface area contributed by atoms with Gasteiger partial charge in [0.2, 0.25) is 0 Å². The fraction of sp³-hybridized carbons (Fsp3) is 0.278. The number of ether oxygens (including phenoxy) is 3. The number of aryl methyl sites for hydroxylation is 1. The van der Waals surface area contributed by atoms with Crippen molar-refractivity contribution in [1.29, 1.82) is 0 Å². The Morgan fingerprint density at radius 1 is 1.00 bits per heavy atom. The van der Waals surface area contributed by atoms with Crippen LogP contribution in [0.4, 0.5) is 0 Å². The first-order valence-corrected chi connectivity index (χ1v) is 8.12. The monoisotopic (exact) mass is 393 g/mol. The van der Waals surface area contributed by atoms with E-state index >= 15 is 0 Å². The van der Waals surface area contributed by atoms with Crippen LogP contribution in [0.25, 0.3) is 0 Å². The topological polar surface area (TPSA) is 56.8 Å². The van der Waals surface area contributed by atoms with Gasteiger partial charge in [-0.15, -0.1) is 0 Å². The Morgan fingerprint density at radius 2 is 1.58 bits per heavy atom. The number of halogens is 1. The van der Waals surface area contributed by atoms with Crippen LogP contribution in [0, 0.1) is 6.92 Å². The van der Waals surface area contributed by atoms with Crippen molar-refractivity contribution in [3.63, 3.8) is 0 Å². The van der Waals surface area contributed by atoms with Crippen molar-refractivity contribution in [2.75, 3.05) is 21.3 Å². The molecule has 2 aromatic carbocycles. The molecule has 2 aromatic rings. The van der Waals surface area contributed by atoms with Gasteiger partial charge in [0.25, 0.3) is 5.91 Å². The van der Waals surface area contributed by atoms with Crippen LogP contribution in [0.1, 0.15) is 21.5 Å². The molecule has 0 aliphatic carbocycles. The van der Waals surface area contributed by atoms with Crippen LogP contribution in [-0.2, 0) is 6.54 Å². The lowest BCUT2D eigenvalue weighted by atomic mass is 10.1. The van der Waals surface area contributed by atoms with Crippen LogP contribution in [-0.4, -0.2) is 27.2 Å². The Kier molecular flexibility index (Phi) is 6.09. The fourth-order valence-electron chi connectivity index (χ4n) is 2.26.